The van der Waals surface area contributed by atoms with E-state index in [1.165, 1.54) is 13.2 Å². The van der Waals surface area contributed by atoms with E-state index in [0.717, 1.165) is 15.2 Å². The van der Waals surface area contributed by atoms with Crippen LogP contribution in [0.1, 0.15) is 15.9 Å². The Balaban J connectivity index is 1.83. The van der Waals surface area contributed by atoms with Crippen LogP contribution in [0.2, 0.25) is 0 Å². The molecule has 2 nitrogen and oxygen atoms in total. The lowest BCUT2D eigenvalue weighted by Gasteiger charge is -2.10. The van der Waals surface area contributed by atoms with Crippen LogP contribution in [0.3, 0.4) is 0 Å². The Bertz CT molecular complexity index is 741. The fraction of sp³-hybridized carbons (Fsp3) is 0.188. The highest BCUT2D eigenvalue weighted by molar-refractivity contribution is 7.18. The van der Waals surface area contributed by atoms with Crippen LogP contribution in [0.5, 0.6) is 5.75 Å². The highest BCUT2D eigenvalue weighted by Gasteiger charge is 2.16. The van der Waals surface area contributed by atoms with Crippen LogP contribution in [0.25, 0.3) is 10.2 Å². The van der Waals surface area contributed by atoms with Crippen molar-refractivity contribution in [3.05, 3.63) is 58.9 Å². The molecule has 21 heavy (non-hydrogen) atoms. The number of methoxy groups -OCH3 is 1. The van der Waals surface area contributed by atoms with E-state index in [1.54, 1.807) is 23.5 Å². The maximum Gasteiger partial charge on any atom is 0.131 e. The number of alkyl halides is 1. The first-order valence-electron chi connectivity index (χ1n) is 6.49. The van der Waals surface area contributed by atoms with Crippen molar-refractivity contribution in [3.8, 4) is 5.75 Å². The van der Waals surface area contributed by atoms with E-state index in [-0.39, 0.29) is 5.82 Å². The van der Waals surface area contributed by atoms with Gasteiger partial charge in [-0.25, -0.2) is 9.37 Å². The first kappa shape index (κ1) is 14.3. The summed E-state index contributed by atoms with van der Waals surface area (Å²) < 4.78 is 20.1. The molecule has 0 spiro atoms. The molecule has 2 aromatic carbocycles. The zero-order chi connectivity index (χ0) is 14.8. The molecule has 0 radical (unpaired) electrons. The van der Waals surface area contributed by atoms with E-state index in [0.29, 0.717) is 17.7 Å². The molecule has 0 aliphatic carbocycles. The third kappa shape index (κ3) is 3.01. The summed E-state index contributed by atoms with van der Waals surface area (Å²) in [4.78, 5) is 4.53. The summed E-state index contributed by atoms with van der Waals surface area (Å²) in [5.74, 6) is 0.135. The number of benzene rings is 2. The summed E-state index contributed by atoms with van der Waals surface area (Å²) in [6.45, 7) is 0. The molecule has 0 bridgehead atoms. The van der Waals surface area contributed by atoms with Crippen LogP contribution in [0, 0.1) is 5.82 Å². The van der Waals surface area contributed by atoms with Crippen LogP contribution in [-0.4, -0.2) is 12.1 Å². The molecular formula is C16H13ClFNOS. The van der Waals surface area contributed by atoms with Gasteiger partial charge in [-0.15, -0.1) is 22.9 Å². The second-order valence-electron chi connectivity index (χ2n) is 4.63. The van der Waals surface area contributed by atoms with Crippen LogP contribution >= 0.6 is 22.9 Å². The van der Waals surface area contributed by atoms with Gasteiger partial charge in [-0.2, -0.15) is 0 Å². The molecule has 3 aromatic rings. The summed E-state index contributed by atoms with van der Waals surface area (Å²) in [6.07, 6.45) is 0.504. The number of halogens is 2. The summed E-state index contributed by atoms with van der Waals surface area (Å²) in [5, 5.41) is 0.461. The number of fused-ring (bicyclic) bond motifs is 1. The van der Waals surface area contributed by atoms with E-state index < -0.39 is 5.38 Å². The van der Waals surface area contributed by atoms with Gasteiger partial charge in [0.05, 0.1) is 27.7 Å². The number of thiazole rings is 1. The Morgan fingerprint density at radius 3 is 2.81 bits per heavy atom. The van der Waals surface area contributed by atoms with E-state index in [4.69, 9.17) is 16.3 Å². The molecule has 108 valence electrons. The van der Waals surface area contributed by atoms with Gasteiger partial charge in [-0.05, 0) is 18.2 Å². The van der Waals surface area contributed by atoms with Crippen LogP contribution in [0.4, 0.5) is 4.39 Å². The third-order valence-electron chi connectivity index (χ3n) is 3.24. The molecule has 0 aliphatic rings. The predicted octanol–water partition coefficient (Wildman–Crippen LogP) is 4.97. The van der Waals surface area contributed by atoms with Crippen LogP contribution in [-0.2, 0) is 6.42 Å². The average Bonchev–Trinajstić information content (AvgIpc) is 2.88. The van der Waals surface area contributed by atoms with Gasteiger partial charge in [0.25, 0.3) is 0 Å². The van der Waals surface area contributed by atoms with Gasteiger partial charge in [0.15, 0.2) is 0 Å². The lowest BCUT2D eigenvalue weighted by Crippen LogP contribution is -1.99. The van der Waals surface area contributed by atoms with Crippen molar-refractivity contribution in [1.29, 1.82) is 0 Å². The Labute approximate surface area is 131 Å². The van der Waals surface area contributed by atoms with E-state index in [1.807, 2.05) is 24.3 Å². The van der Waals surface area contributed by atoms with Crippen molar-refractivity contribution in [1.82, 2.24) is 4.98 Å². The van der Waals surface area contributed by atoms with Crippen molar-refractivity contribution in [2.24, 2.45) is 0 Å². The molecule has 1 heterocycles. The van der Waals surface area contributed by atoms with E-state index in [9.17, 15) is 4.39 Å². The van der Waals surface area contributed by atoms with Crippen molar-refractivity contribution < 1.29 is 9.13 Å². The number of nitrogens with zero attached hydrogens (tertiary/aromatic N) is 1. The molecule has 5 heteroatoms. The molecular weight excluding hydrogens is 309 g/mol. The summed E-state index contributed by atoms with van der Waals surface area (Å²) in [7, 11) is 1.51. The Hall–Kier alpha value is -1.65. The number of hydrogen-bond donors (Lipinski definition) is 0. The van der Waals surface area contributed by atoms with Crippen molar-refractivity contribution in [2.45, 2.75) is 11.8 Å². The smallest absolute Gasteiger partial charge is 0.131 e. The SMILES string of the molecule is COc1ccc(C(Cl)Cc2nc3ccccc3s2)c(F)c1. The predicted molar refractivity (Wildman–Crippen MR) is 84.9 cm³/mol. The maximum atomic E-state index is 14.0. The summed E-state index contributed by atoms with van der Waals surface area (Å²) in [6, 6.07) is 12.6. The standard InChI is InChI=1S/C16H13ClFNOS/c1-20-10-6-7-11(13(18)8-10)12(17)9-16-19-14-4-2-3-5-15(14)21-16/h2-8,12H,9H2,1H3. The molecule has 0 N–H and O–H groups in total. The second kappa shape index (κ2) is 6.00. The lowest BCUT2D eigenvalue weighted by atomic mass is 10.1. The maximum absolute atomic E-state index is 14.0. The molecule has 0 aliphatic heterocycles. The molecule has 1 unspecified atom stereocenters. The van der Waals surface area contributed by atoms with Gasteiger partial charge in [-0.3, -0.25) is 0 Å². The van der Waals surface area contributed by atoms with Crippen molar-refractivity contribution >= 4 is 33.2 Å². The molecule has 1 aromatic heterocycles. The molecule has 0 saturated heterocycles. The molecule has 1 atom stereocenters. The second-order valence-corrected chi connectivity index (χ2v) is 6.28. The zero-order valence-electron chi connectivity index (χ0n) is 11.3. The van der Waals surface area contributed by atoms with Crippen molar-refractivity contribution in [3.63, 3.8) is 0 Å². The largest absolute Gasteiger partial charge is 0.497 e. The first-order valence-corrected chi connectivity index (χ1v) is 7.74. The molecule has 0 amide bonds. The number of ether oxygens (including phenoxy) is 1. The lowest BCUT2D eigenvalue weighted by molar-refractivity contribution is 0.410. The molecule has 0 fully saturated rings. The minimum Gasteiger partial charge on any atom is -0.497 e. The average molecular weight is 322 g/mol. The number of aromatic nitrogens is 1. The third-order valence-corrected chi connectivity index (χ3v) is 4.69. The fourth-order valence-corrected chi connectivity index (χ4v) is 3.59. The van der Waals surface area contributed by atoms with Crippen LogP contribution < -0.4 is 4.74 Å². The quantitative estimate of drug-likeness (QED) is 0.633. The van der Waals surface area contributed by atoms with Gasteiger partial charge in [0.1, 0.15) is 11.6 Å². The minimum atomic E-state index is -0.448. The normalized spacial score (nSPS) is 12.5. The Morgan fingerprint density at radius 1 is 1.29 bits per heavy atom. The zero-order valence-corrected chi connectivity index (χ0v) is 12.9. The van der Waals surface area contributed by atoms with E-state index >= 15 is 0 Å². The summed E-state index contributed by atoms with van der Waals surface area (Å²) >= 11 is 7.95. The Morgan fingerprint density at radius 2 is 2.10 bits per heavy atom. The van der Waals surface area contributed by atoms with Gasteiger partial charge < -0.3 is 4.74 Å². The number of rotatable bonds is 4. The first-order chi connectivity index (χ1) is 10.2. The summed E-state index contributed by atoms with van der Waals surface area (Å²) in [5.41, 5.74) is 1.42. The number of para-hydroxylation sites is 1. The van der Waals surface area contributed by atoms with Gasteiger partial charge >= 0.3 is 0 Å². The monoisotopic (exact) mass is 321 g/mol. The van der Waals surface area contributed by atoms with Crippen molar-refractivity contribution in [2.75, 3.05) is 7.11 Å². The number of hydrogen-bond acceptors (Lipinski definition) is 3. The van der Waals surface area contributed by atoms with Gasteiger partial charge in [0.2, 0.25) is 0 Å². The minimum absolute atomic E-state index is 0.351. The highest BCUT2D eigenvalue weighted by atomic mass is 35.5. The molecule has 3 rings (SSSR count). The molecule has 0 saturated carbocycles. The Kier molecular flexibility index (Phi) is 4.08. The van der Waals surface area contributed by atoms with Gasteiger partial charge in [-0.1, -0.05) is 18.2 Å². The fourth-order valence-electron chi connectivity index (χ4n) is 2.16. The van der Waals surface area contributed by atoms with E-state index in [2.05, 4.69) is 4.98 Å². The topological polar surface area (TPSA) is 22.1 Å². The van der Waals surface area contributed by atoms with Crippen LogP contribution in [0.15, 0.2) is 42.5 Å². The highest BCUT2D eigenvalue weighted by Crippen LogP contribution is 2.32. The van der Waals surface area contributed by atoms with Gasteiger partial charge in [0, 0.05) is 18.1 Å².